The Labute approximate surface area is 122 Å². The third-order valence-corrected chi connectivity index (χ3v) is 4.30. The highest BCUT2D eigenvalue weighted by Crippen LogP contribution is 2.25. The molecule has 0 unspecified atom stereocenters. The lowest BCUT2D eigenvalue weighted by atomic mass is 10.1. The van der Waals surface area contributed by atoms with Gasteiger partial charge in [0, 0.05) is 12.0 Å². The molecule has 2 aromatic rings. The van der Waals surface area contributed by atoms with Crippen LogP contribution in [0.25, 0.3) is 0 Å². The number of nitrogens with zero attached hydrogens (tertiary/aromatic N) is 1. The Morgan fingerprint density at radius 3 is 2.74 bits per heavy atom. The summed E-state index contributed by atoms with van der Waals surface area (Å²) in [6.07, 6.45) is 1.58. The highest BCUT2D eigenvalue weighted by Gasteiger charge is 2.13. The van der Waals surface area contributed by atoms with Gasteiger partial charge in [-0.1, -0.05) is 37.3 Å². The van der Waals surface area contributed by atoms with Crippen LogP contribution >= 0.6 is 23.6 Å². The fraction of sp³-hybridized carbons (Fsp3) is 0.286. The number of para-hydroxylation sites is 1. The van der Waals surface area contributed by atoms with Gasteiger partial charge in [0.25, 0.3) is 0 Å². The highest BCUT2D eigenvalue weighted by atomic mass is 32.1. The first-order valence-corrected chi connectivity index (χ1v) is 7.28. The Kier molecular flexibility index (Phi) is 4.50. The Hall–Kier alpha value is -1.46. The van der Waals surface area contributed by atoms with E-state index in [-0.39, 0.29) is 0 Å². The molecule has 0 saturated heterocycles. The van der Waals surface area contributed by atoms with Crippen molar-refractivity contribution in [2.24, 2.45) is 5.73 Å². The third kappa shape index (κ3) is 3.11. The molecule has 2 rings (SSSR count). The van der Waals surface area contributed by atoms with Crippen molar-refractivity contribution in [1.82, 2.24) is 4.98 Å². The molecule has 0 aliphatic carbocycles. The smallest absolute Gasteiger partial charge is 0.122 e. The maximum Gasteiger partial charge on any atom is 0.122 e. The summed E-state index contributed by atoms with van der Waals surface area (Å²) >= 11 is 6.64. The summed E-state index contributed by atoms with van der Waals surface area (Å²) in [4.78, 5) is 5.98. The molecule has 2 N–H and O–H groups in total. The van der Waals surface area contributed by atoms with Crippen LogP contribution in [0.1, 0.15) is 28.1 Å². The number of ether oxygens (including phenoxy) is 1. The van der Waals surface area contributed by atoms with Crippen LogP contribution in [-0.2, 0) is 12.8 Å². The van der Waals surface area contributed by atoms with Gasteiger partial charge in [-0.25, -0.2) is 4.98 Å². The largest absolute Gasteiger partial charge is 0.496 e. The van der Waals surface area contributed by atoms with Gasteiger partial charge in [0.2, 0.25) is 0 Å². The fourth-order valence-corrected chi connectivity index (χ4v) is 3.19. The minimum Gasteiger partial charge on any atom is -0.496 e. The van der Waals surface area contributed by atoms with Crippen molar-refractivity contribution >= 4 is 28.5 Å². The molecule has 3 nitrogen and oxygen atoms in total. The molecular weight excluding hydrogens is 276 g/mol. The van der Waals surface area contributed by atoms with Gasteiger partial charge < -0.3 is 10.5 Å². The van der Waals surface area contributed by atoms with E-state index in [0.29, 0.717) is 4.99 Å². The Morgan fingerprint density at radius 1 is 1.42 bits per heavy atom. The van der Waals surface area contributed by atoms with Gasteiger partial charge >= 0.3 is 0 Å². The summed E-state index contributed by atoms with van der Waals surface area (Å²) < 4.78 is 5.35. The molecule has 0 spiro atoms. The summed E-state index contributed by atoms with van der Waals surface area (Å²) in [6, 6.07) is 7.97. The zero-order valence-electron chi connectivity index (χ0n) is 11.0. The zero-order chi connectivity index (χ0) is 13.8. The first kappa shape index (κ1) is 14.0. The lowest BCUT2D eigenvalue weighted by molar-refractivity contribution is 0.410. The highest BCUT2D eigenvalue weighted by molar-refractivity contribution is 7.81. The SMILES string of the molecule is CCc1nc(Cc2ccccc2OC)sc1C(N)=S. The summed E-state index contributed by atoms with van der Waals surface area (Å²) in [5.41, 5.74) is 7.84. The average Bonchev–Trinajstić information content (AvgIpc) is 2.82. The number of aryl methyl sites for hydroxylation is 1. The molecule has 100 valence electrons. The predicted octanol–water partition coefficient (Wildman–Crippen LogP) is 2.94. The molecule has 0 aliphatic heterocycles. The second kappa shape index (κ2) is 6.12. The molecule has 1 heterocycles. The number of hydrogen-bond acceptors (Lipinski definition) is 4. The molecule has 19 heavy (non-hydrogen) atoms. The number of benzene rings is 1. The van der Waals surface area contributed by atoms with E-state index in [1.807, 2.05) is 24.3 Å². The van der Waals surface area contributed by atoms with Crippen molar-refractivity contribution < 1.29 is 4.74 Å². The molecule has 0 atom stereocenters. The maximum absolute atomic E-state index is 5.73. The molecular formula is C14H16N2OS2. The summed E-state index contributed by atoms with van der Waals surface area (Å²) in [5.74, 6) is 0.882. The van der Waals surface area contributed by atoms with Crippen LogP contribution in [0.4, 0.5) is 0 Å². The number of hydrogen-bond donors (Lipinski definition) is 1. The summed E-state index contributed by atoms with van der Waals surface area (Å²) in [6.45, 7) is 2.06. The number of thiocarbonyl (C=S) groups is 1. The second-order valence-corrected chi connectivity index (χ2v) is 5.61. The van der Waals surface area contributed by atoms with Crippen molar-refractivity contribution in [1.29, 1.82) is 0 Å². The quantitative estimate of drug-likeness (QED) is 0.861. The van der Waals surface area contributed by atoms with E-state index in [0.717, 1.165) is 39.7 Å². The van der Waals surface area contributed by atoms with Crippen LogP contribution in [0.15, 0.2) is 24.3 Å². The molecule has 0 saturated carbocycles. The van der Waals surface area contributed by atoms with E-state index in [1.54, 1.807) is 18.4 Å². The molecule has 0 fully saturated rings. The van der Waals surface area contributed by atoms with Crippen molar-refractivity contribution in [2.45, 2.75) is 19.8 Å². The standard InChI is InChI=1S/C14H16N2OS2/c1-3-10-13(14(15)18)19-12(16-10)8-9-6-4-5-7-11(9)17-2/h4-7H,3,8H2,1-2H3,(H2,15,18). The van der Waals surface area contributed by atoms with Crippen molar-refractivity contribution in [3.05, 3.63) is 45.4 Å². The van der Waals surface area contributed by atoms with Crippen LogP contribution in [0.5, 0.6) is 5.75 Å². The second-order valence-electron chi connectivity index (χ2n) is 4.09. The first-order chi connectivity index (χ1) is 9.15. The molecule has 0 amide bonds. The van der Waals surface area contributed by atoms with Crippen LogP contribution in [0.2, 0.25) is 0 Å². The number of nitrogens with two attached hydrogens (primary N) is 1. The number of thiazole rings is 1. The van der Waals surface area contributed by atoms with Crippen LogP contribution in [0.3, 0.4) is 0 Å². The lowest BCUT2D eigenvalue weighted by Crippen LogP contribution is -2.09. The molecule has 1 aromatic carbocycles. The minimum absolute atomic E-state index is 0.431. The van der Waals surface area contributed by atoms with E-state index in [4.69, 9.17) is 22.7 Å². The van der Waals surface area contributed by atoms with Crippen molar-refractivity contribution in [3.8, 4) is 5.75 Å². The van der Waals surface area contributed by atoms with Gasteiger partial charge in [-0.05, 0) is 12.5 Å². The average molecular weight is 292 g/mol. The predicted molar refractivity (Wildman–Crippen MR) is 83.2 cm³/mol. The lowest BCUT2D eigenvalue weighted by Gasteiger charge is -2.05. The van der Waals surface area contributed by atoms with Gasteiger partial charge in [-0.15, -0.1) is 11.3 Å². The Bertz CT molecular complexity index is 593. The van der Waals surface area contributed by atoms with Crippen LogP contribution < -0.4 is 10.5 Å². The van der Waals surface area contributed by atoms with Gasteiger partial charge in [0.05, 0.1) is 22.7 Å². The summed E-state index contributed by atoms with van der Waals surface area (Å²) in [5, 5.41) is 1.02. The van der Waals surface area contributed by atoms with E-state index < -0.39 is 0 Å². The summed E-state index contributed by atoms with van der Waals surface area (Å²) in [7, 11) is 1.68. The fourth-order valence-electron chi connectivity index (χ4n) is 1.92. The molecule has 5 heteroatoms. The van der Waals surface area contributed by atoms with Gasteiger partial charge in [-0.3, -0.25) is 0 Å². The van der Waals surface area contributed by atoms with Gasteiger partial charge in [-0.2, -0.15) is 0 Å². The molecule has 0 radical (unpaired) electrons. The topological polar surface area (TPSA) is 48.1 Å². The van der Waals surface area contributed by atoms with Crippen molar-refractivity contribution in [3.63, 3.8) is 0 Å². The maximum atomic E-state index is 5.73. The van der Waals surface area contributed by atoms with E-state index in [1.165, 1.54) is 0 Å². The Balaban J connectivity index is 2.31. The third-order valence-electron chi connectivity index (χ3n) is 2.83. The normalized spacial score (nSPS) is 10.4. The Morgan fingerprint density at radius 2 is 2.16 bits per heavy atom. The number of rotatable bonds is 5. The number of methoxy groups -OCH3 is 1. The number of aromatic nitrogens is 1. The molecule has 1 aromatic heterocycles. The van der Waals surface area contributed by atoms with E-state index in [9.17, 15) is 0 Å². The van der Waals surface area contributed by atoms with E-state index in [2.05, 4.69) is 11.9 Å². The molecule has 0 bridgehead atoms. The van der Waals surface area contributed by atoms with Gasteiger partial charge in [0.15, 0.2) is 0 Å². The van der Waals surface area contributed by atoms with E-state index >= 15 is 0 Å². The monoisotopic (exact) mass is 292 g/mol. The van der Waals surface area contributed by atoms with Crippen LogP contribution in [-0.4, -0.2) is 17.1 Å². The van der Waals surface area contributed by atoms with Crippen LogP contribution in [0, 0.1) is 0 Å². The molecule has 0 aliphatic rings. The minimum atomic E-state index is 0.431. The first-order valence-electron chi connectivity index (χ1n) is 6.06. The van der Waals surface area contributed by atoms with Crippen molar-refractivity contribution in [2.75, 3.05) is 7.11 Å². The zero-order valence-corrected chi connectivity index (χ0v) is 12.6. The van der Waals surface area contributed by atoms with Gasteiger partial charge in [0.1, 0.15) is 10.7 Å².